The van der Waals surface area contributed by atoms with E-state index in [1.165, 1.54) is 12.1 Å². The lowest BCUT2D eigenvalue weighted by atomic mass is 10.3. The predicted octanol–water partition coefficient (Wildman–Crippen LogP) is 2.81. The quantitative estimate of drug-likeness (QED) is 0.200. The fraction of sp³-hybridized carbons (Fsp3) is 0.550. The van der Waals surface area contributed by atoms with E-state index in [4.69, 9.17) is 9.47 Å². The summed E-state index contributed by atoms with van der Waals surface area (Å²) in [6, 6.07) is 5.99. The molecular formula is C20H32FIN6O2. The van der Waals surface area contributed by atoms with Crippen molar-refractivity contribution < 1.29 is 13.9 Å². The second-order valence-electron chi connectivity index (χ2n) is 6.63. The van der Waals surface area contributed by atoms with E-state index in [-0.39, 0.29) is 35.9 Å². The van der Waals surface area contributed by atoms with Crippen LogP contribution in [0.1, 0.15) is 31.9 Å². The van der Waals surface area contributed by atoms with Crippen LogP contribution in [0.5, 0.6) is 5.75 Å². The van der Waals surface area contributed by atoms with Gasteiger partial charge in [0.05, 0.1) is 6.54 Å². The maximum absolute atomic E-state index is 13.0. The van der Waals surface area contributed by atoms with Crippen LogP contribution in [0, 0.1) is 12.7 Å². The standard InChI is InChI=1S/C20H31FN6O2.HI/c1-5-28-12-6-11-22-20(24-14-19-26-25-16(3)27(19)4)23-13-15(2)29-18-9-7-17(21)8-10-18;/h7-10,15H,5-6,11-14H2,1-4H3,(H2,22,23,24);1H. The number of nitrogens with zero attached hydrogens (tertiary/aromatic N) is 4. The SMILES string of the molecule is CCOCCCNC(=NCc1nnc(C)n1C)NCC(C)Oc1ccc(F)cc1.I. The summed E-state index contributed by atoms with van der Waals surface area (Å²) >= 11 is 0. The van der Waals surface area contributed by atoms with Crippen molar-refractivity contribution in [2.75, 3.05) is 26.3 Å². The number of ether oxygens (including phenoxy) is 2. The third kappa shape index (κ3) is 9.24. The van der Waals surface area contributed by atoms with Crippen LogP contribution in [-0.4, -0.2) is 53.1 Å². The topological polar surface area (TPSA) is 85.6 Å². The number of aryl methyl sites for hydroxylation is 1. The molecule has 2 aromatic rings. The molecule has 1 heterocycles. The van der Waals surface area contributed by atoms with Crippen molar-refractivity contribution in [2.45, 2.75) is 39.8 Å². The maximum atomic E-state index is 13.0. The van der Waals surface area contributed by atoms with E-state index < -0.39 is 0 Å². The number of nitrogens with one attached hydrogen (secondary N) is 2. The van der Waals surface area contributed by atoms with Gasteiger partial charge in [0.1, 0.15) is 30.0 Å². The molecule has 8 nitrogen and oxygen atoms in total. The highest BCUT2D eigenvalue weighted by atomic mass is 127. The molecule has 0 bridgehead atoms. The van der Waals surface area contributed by atoms with Crippen LogP contribution >= 0.6 is 24.0 Å². The normalized spacial score (nSPS) is 12.2. The van der Waals surface area contributed by atoms with Gasteiger partial charge in [-0.25, -0.2) is 9.38 Å². The predicted molar refractivity (Wildman–Crippen MR) is 126 cm³/mol. The van der Waals surface area contributed by atoms with Gasteiger partial charge in [-0.1, -0.05) is 0 Å². The molecule has 168 valence electrons. The van der Waals surface area contributed by atoms with Crippen molar-refractivity contribution in [1.29, 1.82) is 0 Å². The molecule has 2 rings (SSSR count). The number of rotatable bonds is 11. The van der Waals surface area contributed by atoms with Gasteiger partial charge in [-0.3, -0.25) is 0 Å². The summed E-state index contributed by atoms with van der Waals surface area (Å²) in [6.07, 6.45) is 0.743. The lowest BCUT2D eigenvalue weighted by molar-refractivity contribution is 0.145. The van der Waals surface area contributed by atoms with E-state index in [1.54, 1.807) is 12.1 Å². The second-order valence-corrected chi connectivity index (χ2v) is 6.63. The largest absolute Gasteiger partial charge is 0.489 e. The van der Waals surface area contributed by atoms with Crippen molar-refractivity contribution in [3.63, 3.8) is 0 Å². The van der Waals surface area contributed by atoms with Gasteiger partial charge in [0.25, 0.3) is 0 Å². The van der Waals surface area contributed by atoms with Crippen LogP contribution in [-0.2, 0) is 18.3 Å². The van der Waals surface area contributed by atoms with E-state index in [2.05, 4.69) is 25.8 Å². The molecule has 0 aliphatic heterocycles. The molecule has 1 aromatic carbocycles. The van der Waals surface area contributed by atoms with E-state index >= 15 is 0 Å². The van der Waals surface area contributed by atoms with Gasteiger partial charge in [0, 0.05) is 26.8 Å². The summed E-state index contributed by atoms with van der Waals surface area (Å²) in [5.41, 5.74) is 0. The van der Waals surface area contributed by atoms with Crippen LogP contribution in [0.3, 0.4) is 0 Å². The third-order valence-corrected chi connectivity index (χ3v) is 4.23. The Hall–Kier alpha value is -1.95. The molecule has 0 spiro atoms. The van der Waals surface area contributed by atoms with Crippen molar-refractivity contribution in [3.05, 3.63) is 41.7 Å². The van der Waals surface area contributed by atoms with Crippen LogP contribution in [0.15, 0.2) is 29.3 Å². The highest BCUT2D eigenvalue weighted by Gasteiger charge is 2.08. The van der Waals surface area contributed by atoms with E-state index in [9.17, 15) is 4.39 Å². The van der Waals surface area contributed by atoms with Crippen LogP contribution in [0.4, 0.5) is 4.39 Å². The summed E-state index contributed by atoms with van der Waals surface area (Å²) in [7, 11) is 1.92. The fourth-order valence-electron chi connectivity index (χ4n) is 2.47. The fourth-order valence-corrected chi connectivity index (χ4v) is 2.47. The molecule has 0 aliphatic carbocycles. The number of halogens is 2. The van der Waals surface area contributed by atoms with Crippen molar-refractivity contribution in [1.82, 2.24) is 25.4 Å². The average molecular weight is 534 g/mol. The first-order valence-corrected chi connectivity index (χ1v) is 9.86. The lowest BCUT2D eigenvalue weighted by Gasteiger charge is -2.18. The summed E-state index contributed by atoms with van der Waals surface area (Å²) in [6.45, 7) is 8.91. The maximum Gasteiger partial charge on any atom is 0.191 e. The Morgan fingerprint density at radius 3 is 2.60 bits per heavy atom. The summed E-state index contributed by atoms with van der Waals surface area (Å²) in [4.78, 5) is 4.60. The molecule has 1 aromatic heterocycles. The number of aromatic nitrogens is 3. The number of guanidine groups is 1. The van der Waals surface area contributed by atoms with E-state index in [1.807, 2.05) is 32.4 Å². The van der Waals surface area contributed by atoms with E-state index in [0.29, 0.717) is 38.0 Å². The molecule has 0 fully saturated rings. The zero-order valence-electron chi connectivity index (χ0n) is 18.0. The molecule has 0 aliphatic rings. The first-order valence-electron chi connectivity index (χ1n) is 9.86. The molecule has 1 unspecified atom stereocenters. The Morgan fingerprint density at radius 1 is 1.23 bits per heavy atom. The van der Waals surface area contributed by atoms with Gasteiger partial charge in [-0.15, -0.1) is 34.2 Å². The Morgan fingerprint density at radius 2 is 1.97 bits per heavy atom. The van der Waals surface area contributed by atoms with Gasteiger partial charge < -0.3 is 24.7 Å². The highest BCUT2D eigenvalue weighted by molar-refractivity contribution is 14.0. The van der Waals surface area contributed by atoms with Crippen LogP contribution in [0.25, 0.3) is 0 Å². The van der Waals surface area contributed by atoms with Gasteiger partial charge in [0.15, 0.2) is 11.8 Å². The molecular weight excluding hydrogens is 502 g/mol. The minimum absolute atomic E-state index is 0. The van der Waals surface area contributed by atoms with E-state index in [0.717, 1.165) is 24.6 Å². The molecule has 0 radical (unpaired) electrons. The summed E-state index contributed by atoms with van der Waals surface area (Å²) in [5, 5.41) is 14.8. The number of benzene rings is 1. The minimum Gasteiger partial charge on any atom is -0.489 e. The van der Waals surface area contributed by atoms with Gasteiger partial charge in [0.2, 0.25) is 0 Å². The highest BCUT2D eigenvalue weighted by Crippen LogP contribution is 2.12. The third-order valence-electron chi connectivity index (χ3n) is 4.23. The Balaban J connectivity index is 0.00000450. The molecule has 0 saturated heterocycles. The van der Waals surface area contributed by atoms with Gasteiger partial charge >= 0.3 is 0 Å². The summed E-state index contributed by atoms with van der Waals surface area (Å²) < 4.78 is 26.1. The molecule has 0 saturated carbocycles. The van der Waals surface area contributed by atoms with Gasteiger partial charge in [-0.2, -0.15) is 0 Å². The zero-order valence-corrected chi connectivity index (χ0v) is 20.4. The van der Waals surface area contributed by atoms with Crippen LogP contribution in [0.2, 0.25) is 0 Å². The minimum atomic E-state index is -0.284. The molecule has 10 heteroatoms. The monoisotopic (exact) mass is 534 g/mol. The molecule has 2 N–H and O–H groups in total. The number of hydrogen-bond donors (Lipinski definition) is 2. The van der Waals surface area contributed by atoms with Gasteiger partial charge in [-0.05, 0) is 51.5 Å². The van der Waals surface area contributed by atoms with Crippen molar-refractivity contribution in [3.8, 4) is 5.75 Å². The first-order chi connectivity index (χ1) is 14.0. The van der Waals surface area contributed by atoms with Crippen molar-refractivity contribution in [2.24, 2.45) is 12.0 Å². The second kappa shape index (κ2) is 14.1. The summed E-state index contributed by atoms with van der Waals surface area (Å²) in [5.74, 6) is 2.63. The molecule has 1 atom stereocenters. The molecule has 0 amide bonds. The Labute approximate surface area is 194 Å². The Bertz CT molecular complexity index is 769. The molecule has 30 heavy (non-hydrogen) atoms. The number of aliphatic imine (C=N–C) groups is 1. The average Bonchev–Trinajstić information content (AvgIpc) is 3.03. The first kappa shape index (κ1) is 26.1. The van der Waals surface area contributed by atoms with Crippen LogP contribution < -0.4 is 15.4 Å². The van der Waals surface area contributed by atoms with Crippen molar-refractivity contribution >= 4 is 29.9 Å². The Kier molecular flexibility index (Phi) is 12.3. The smallest absolute Gasteiger partial charge is 0.191 e. The lowest BCUT2D eigenvalue weighted by Crippen LogP contribution is -2.42. The zero-order chi connectivity index (χ0) is 21.1. The number of hydrogen-bond acceptors (Lipinski definition) is 5.